The van der Waals surface area contributed by atoms with Crippen molar-refractivity contribution in [3.05, 3.63) is 65.5 Å². The number of pyridine rings is 1. The fraction of sp³-hybridized carbons (Fsp3) is 0.190. The van der Waals surface area contributed by atoms with E-state index < -0.39 is 17.0 Å². The van der Waals surface area contributed by atoms with Gasteiger partial charge >= 0.3 is 0 Å². The lowest BCUT2D eigenvalue weighted by molar-refractivity contribution is -0.117. The van der Waals surface area contributed by atoms with E-state index in [0.717, 1.165) is 24.5 Å². The van der Waals surface area contributed by atoms with Crippen LogP contribution in [0.4, 0.5) is 14.6 Å². The van der Waals surface area contributed by atoms with Crippen LogP contribution in [-0.2, 0) is 16.8 Å². The molecule has 1 aliphatic carbocycles. The normalized spacial score (nSPS) is 16.1. The summed E-state index contributed by atoms with van der Waals surface area (Å²) in [4.78, 5) is 25.6. The number of carbonyl (C=O) groups excluding carboxylic acids is 1. The van der Waals surface area contributed by atoms with Gasteiger partial charge in [-0.05, 0) is 31.0 Å². The molecule has 1 N–H and O–H groups in total. The van der Waals surface area contributed by atoms with Gasteiger partial charge in [-0.1, -0.05) is 12.1 Å². The summed E-state index contributed by atoms with van der Waals surface area (Å²) in [6.45, 7) is 0.00188. The minimum absolute atomic E-state index is 0.00188. The summed E-state index contributed by atoms with van der Waals surface area (Å²) in [7, 11) is 0. The Morgan fingerprint density at radius 2 is 2.00 bits per heavy atom. The molecule has 7 nitrogen and oxygen atoms in total. The van der Waals surface area contributed by atoms with Crippen LogP contribution in [-0.4, -0.2) is 30.6 Å². The third-order valence-electron chi connectivity index (χ3n) is 5.79. The van der Waals surface area contributed by atoms with E-state index in [-0.39, 0.29) is 18.0 Å². The second kappa shape index (κ2) is 5.88. The van der Waals surface area contributed by atoms with Crippen molar-refractivity contribution in [2.24, 2.45) is 0 Å². The van der Waals surface area contributed by atoms with E-state index in [0.29, 0.717) is 28.4 Å². The molecule has 1 fully saturated rings. The molecule has 0 radical (unpaired) electrons. The van der Waals surface area contributed by atoms with E-state index in [4.69, 9.17) is 0 Å². The number of aromatic nitrogens is 5. The van der Waals surface area contributed by atoms with E-state index in [1.165, 1.54) is 16.8 Å². The maximum Gasteiger partial charge on any atom is 0.236 e. The van der Waals surface area contributed by atoms with Crippen molar-refractivity contribution in [3.8, 4) is 11.5 Å². The fourth-order valence-electron chi connectivity index (χ4n) is 4.03. The lowest BCUT2D eigenvalue weighted by Gasteiger charge is -2.05. The van der Waals surface area contributed by atoms with Gasteiger partial charge in [-0.3, -0.25) is 4.79 Å². The number of halogens is 2. The Morgan fingerprint density at radius 1 is 1.13 bits per heavy atom. The Morgan fingerprint density at radius 3 is 2.83 bits per heavy atom. The molecule has 0 atom stereocenters. The average molecular weight is 404 g/mol. The van der Waals surface area contributed by atoms with Crippen LogP contribution in [0.2, 0.25) is 0 Å². The molecule has 30 heavy (non-hydrogen) atoms. The van der Waals surface area contributed by atoms with Gasteiger partial charge in [0.05, 0.1) is 17.3 Å². The molecule has 6 rings (SSSR count). The summed E-state index contributed by atoms with van der Waals surface area (Å²) in [5, 5.41) is 8.07. The van der Waals surface area contributed by atoms with Gasteiger partial charge in [-0.25, -0.2) is 28.4 Å². The molecule has 4 aromatic rings. The molecule has 0 saturated heterocycles. The van der Waals surface area contributed by atoms with Crippen LogP contribution in [0.1, 0.15) is 24.0 Å². The maximum atomic E-state index is 14.2. The van der Waals surface area contributed by atoms with Crippen molar-refractivity contribution < 1.29 is 13.6 Å². The molecular weight excluding hydrogens is 390 g/mol. The van der Waals surface area contributed by atoms with E-state index in [2.05, 4.69) is 25.4 Å². The van der Waals surface area contributed by atoms with Crippen molar-refractivity contribution >= 4 is 22.8 Å². The van der Waals surface area contributed by atoms with Gasteiger partial charge in [0.25, 0.3) is 0 Å². The first-order chi connectivity index (χ1) is 14.6. The predicted molar refractivity (Wildman–Crippen MR) is 104 cm³/mol. The number of amides is 1. The van der Waals surface area contributed by atoms with Crippen LogP contribution >= 0.6 is 0 Å². The zero-order valence-electron chi connectivity index (χ0n) is 15.6. The van der Waals surface area contributed by atoms with Gasteiger partial charge in [0, 0.05) is 23.5 Å². The highest BCUT2D eigenvalue weighted by molar-refractivity contribution is 6.07. The Balaban J connectivity index is 1.47. The summed E-state index contributed by atoms with van der Waals surface area (Å²) >= 11 is 0. The fourth-order valence-corrected chi connectivity index (χ4v) is 4.03. The van der Waals surface area contributed by atoms with Gasteiger partial charge in [0.2, 0.25) is 5.91 Å². The zero-order valence-corrected chi connectivity index (χ0v) is 15.6. The molecule has 1 spiro atoms. The topological polar surface area (TPSA) is 85.6 Å². The van der Waals surface area contributed by atoms with Crippen LogP contribution in [0.15, 0.2) is 42.7 Å². The summed E-state index contributed by atoms with van der Waals surface area (Å²) in [5.74, 6) is -1.02. The number of fused-ring (bicyclic) bond motifs is 3. The molecule has 148 valence electrons. The molecule has 0 unspecified atom stereocenters. The second-order valence-electron chi connectivity index (χ2n) is 7.59. The van der Waals surface area contributed by atoms with Crippen molar-refractivity contribution in [1.82, 2.24) is 24.7 Å². The van der Waals surface area contributed by atoms with Gasteiger partial charge in [0.1, 0.15) is 11.5 Å². The van der Waals surface area contributed by atoms with Crippen molar-refractivity contribution in [2.75, 3.05) is 5.32 Å². The lowest BCUT2D eigenvalue weighted by atomic mass is 10.0. The van der Waals surface area contributed by atoms with Crippen LogP contribution in [0.3, 0.4) is 0 Å². The van der Waals surface area contributed by atoms with Crippen LogP contribution < -0.4 is 5.32 Å². The Hall–Kier alpha value is -3.75. The molecule has 1 saturated carbocycles. The molecule has 3 aromatic heterocycles. The van der Waals surface area contributed by atoms with Crippen molar-refractivity contribution in [2.45, 2.75) is 24.8 Å². The van der Waals surface area contributed by atoms with Crippen molar-refractivity contribution in [1.29, 1.82) is 0 Å². The Bertz CT molecular complexity index is 1360. The van der Waals surface area contributed by atoms with Crippen LogP contribution in [0.5, 0.6) is 0 Å². The monoisotopic (exact) mass is 404 g/mol. The Labute approximate surface area is 168 Å². The van der Waals surface area contributed by atoms with Gasteiger partial charge < -0.3 is 5.32 Å². The van der Waals surface area contributed by atoms with Crippen molar-refractivity contribution in [3.63, 3.8) is 0 Å². The number of carbonyl (C=O) groups is 1. The molecular formula is C21H14F2N6O. The minimum atomic E-state index is -0.913. The van der Waals surface area contributed by atoms with E-state index in [1.807, 2.05) is 6.07 Å². The van der Waals surface area contributed by atoms with E-state index >= 15 is 0 Å². The molecule has 9 heteroatoms. The number of nitrogens with one attached hydrogen (secondary N) is 1. The first-order valence-corrected chi connectivity index (χ1v) is 9.51. The number of rotatable bonds is 3. The Kier molecular flexibility index (Phi) is 3.36. The molecule has 2 aliphatic rings. The van der Waals surface area contributed by atoms with Gasteiger partial charge in [-0.2, -0.15) is 5.10 Å². The summed E-state index contributed by atoms with van der Waals surface area (Å²) < 4.78 is 29.3. The smallest absolute Gasteiger partial charge is 0.236 e. The predicted octanol–water partition coefficient (Wildman–Crippen LogP) is 3.20. The second-order valence-corrected chi connectivity index (χ2v) is 7.59. The van der Waals surface area contributed by atoms with E-state index in [1.54, 1.807) is 18.5 Å². The quantitative estimate of drug-likeness (QED) is 0.567. The van der Waals surface area contributed by atoms with Crippen LogP contribution in [0, 0.1) is 11.6 Å². The first-order valence-electron chi connectivity index (χ1n) is 9.51. The highest BCUT2D eigenvalue weighted by Gasteiger charge is 2.57. The highest BCUT2D eigenvalue weighted by Crippen LogP contribution is 2.54. The highest BCUT2D eigenvalue weighted by atomic mass is 19.2. The molecule has 4 heterocycles. The number of hydrogen-bond acceptors (Lipinski definition) is 5. The summed E-state index contributed by atoms with van der Waals surface area (Å²) in [6.07, 6.45) is 4.88. The lowest BCUT2D eigenvalue weighted by Crippen LogP contribution is -2.18. The average Bonchev–Trinajstić information content (AvgIpc) is 3.41. The zero-order chi connectivity index (χ0) is 20.5. The SMILES string of the molecule is O=C1Nc2nc(-c3nn(Cc4cccc(F)c4F)c4ncccc34)ncc2C12CC2. The number of anilines is 1. The first kappa shape index (κ1) is 17.1. The maximum absolute atomic E-state index is 14.2. The minimum Gasteiger partial charge on any atom is -0.310 e. The third-order valence-corrected chi connectivity index (χ3v) is 5.79. The molecule has 0 bridgehead atoms. The third kappa shape index (κ3) is 2.31. The molecule has 1 aliphatic heterocycles. The number of nitrogens with zero attached hydrogens (tertiary/aromatic N) is 5. The summed E-state index contributed by atoms with van der Waals surface area (Å²) in [6, 6.07) is 7.61. The van der Waals surface area contributed by atoms with Crippen LogP contribution in [0.25, 0.3) is 22.6 Å². The largest absolute Gasteiger partial charge is 0.310 e. The van der Waals surface area contributed by atoms with Gasteiger partial charge in [0.15, 0.2) is 23.1 Å². The number of benzene rings is 1. The van der Waals surface area contributed by atoms with Gasteiger partial charge in [-0.15, -0.1) is 0 Å². The standard InChI is InChI=1S/C21H14F2N6O/c22-14-5-1-3-11(15(14)23)10-29-19-12(4-2-8-24-19)16(28-29)18-25-9-13-17(26-18)27-20(30)21(13)6-7-21/h1-5,8-9H,6-7,10H2,(H,25,26,27,30). The number of hydrogen-bond donors (Lipinski definition) is 1. The summed E-state index contributed by atoms with van der Waals surface area (Å²) in [5.41, 5.74) is 1.48. The molecule has 1 amide bonds. The van der Waals surface area contributed by atoms with E-state index in [9.17, 15) is 13.6 Å². The molecule has 1 aromatic carbocycles.